The van der Waals surface area contributed by atoms with Gasteiger partial charge in [-0.05, 0) is 29.8 Å². The van der Waals surface area contributed by atoms with Gasteiger partial charge in [-0.1, -0.05) is 23.7 Å². The quantitative estimate of drug-likeness (QED) is 0.539. The van der Waals surface area contributed by atoms with Crippen molar-refractivity contribution in [3.63, 3.8) is 0 Å². The molecule has 0 fully saturated rings. The molecule has 0 radical (unpaired) electrons. The Hall–Kier alpha value is -2.24. The first-order valence-electron chi connectivity index (χ1n) is 6.25. The van der Waals surface area contributed by atoms with Gasteiger partial charge < -0.3 is 0 Å². The SMILES string of the molecule is O=c1c2ncccc2nc2scc(-c3ccc(Cl)cc3)n12. The molecule has 0 amide bonds. The van der Waals surface area contributed by atoms with Crippen molar-refractivity contribution in [2.45, 2.75) is 0 Å². The zero-order valence-electron chi connectivity index (χ0n) is 10.7. The van der Waals surface area contributed by atoms with E-state index < -0.39 is 0 Å². The number of halogens is 1. The summed E-state index contributed by atoms with van der Waals surface area (Å²) in [7, 11) is 0. The predicted molar refractivity (Wildman–Crippen MR) is 85.1 cm³/mol. The lowest BCUT2D eigenvalue weighted by Gasteiger charge is -2.03. The van der Waals surface area contributed by atoms with Crippen molar-refractivity contribution in [1.82, 2.24) is 14.4 Å². The van der Waals surface area contributed by atoms with Crippen molar-refractivity contribution in [2.75, 3.05) is 0 Å². The van der Waals surface area contributed by atoms with Crippen LogP contribution >= 0.6 is 22.9 Å². The molecule has 0 N–H and O–H groups in total. The fourth-order valence-electron chi connectivity index (χ4n) is 2.27. The maximum Gasteiger partial charge on any atom is 0.285 e. The molecular formula is C15H8ClN3OS. The fourth-order valence-corrected chi connectivity index (χ4v) is 3.29. The molecule has 4 aromatic rings. The van der Waals surface area contributed by atoms with Crippen LogP contribution in [0.1, 0.15) is 0 Å². The average Bonchev–Trinajstić information content (AvgIpc) is 2.92. The Morgan fingerprint density at radius 2 is 1.95 bits per heavy atom. The third-order valence-electron chi connectivity index (χ3n) is 3.26. The molecule has 102 valence electrons. The molecule has 1 aromatic carbocycles. The van der Waals surface area contributed by atoms with E-state index >= 15 is 0 Å². The standard InChI is InChI=1S/C15H8ClN3OS/c16-10-5-3-9(4-6-10)12-8-21-15-18-11-2-1-7-17-13(11)14(20)19(12)15/h1-8H. The van der Waals surface area contributed by atoms with Crippen LogP contribution in [0.25, 0.3) is 27.3 Å². The smallest absolute Gasteiger partial charge is 0.266 e. The lowest BCUT2D eigenvalue weighted by molar-refractivity contribution is 1.10. The molecule has 0 bridgehead atoms. The molecular weight excluding hydrogens is 306 g/mol. The first-order valence-corrected chi connectivity index (χ1v) is 7.51. The largest absolute Gasteiger partial charge is 0.285 e. The van der Waals surface area contributed by atoms with Crippen LogP contribution in [0.15, 0.2) is 52.8 Å². The van der Waals surface area contributed by atoms with Crippen molar-refractivity contribution < 1.29 is 0 Å². The lowest BCUT2D eigenvalue weighted by atomic mass is 10.2. The summed E-state index contributed by atoms with van der Waals surface area (Å²) in [5.41, 5.74) is 2.57. The van der Waals surface area contributed by atoms with Gasteiger partial charge in [0.2, 0.25) is 0 Å². The number of pyridine rings is 1. The van der Waals surface area contributed by atoms with Crippen molar-refractivity contribution >= 4 is 38.9 Å². The molecule has 0 saturated carbocycles. The Kier molecular flexibility index (Phi) is 2.77. The summed E-state index contributed by atoms with van der Waals surface area (Å²) in [6.45, 7) is 0. The van der Waals surface area contributed by atoms with Crippen LogP contribution in [0.2, 0.25) is 5.02 Å². The van der Waals surface area contributed by atoms with Gasteiger partial charge in [0.05, 0.1) is 11.2 Å². The summed E-state index contributed by atoms with van der Waals surface area (Å²) < 4.78 is 1.60. The first kappa shape index (κ1) is 12.5. The van der Waals surface area contributed by atoms with E-state index in [1.807, 2.05) is 17.5 Å². The van der Waals surface area contributed by atoms with Crippen molar-refractivity contribution in [2.24, 2.45) is 0 Å². The van der Waals surface area contributed by atoms with Gasteiger partial charge in [-0.3, -0.25) is 4.79 Å². The number of aromatic nitrogens is 3. The number of rotatable bonds is 1. The van der Waals surface area contributed by atoms with Gasteiger partial charge in [0, 0.05) is 16.6 Å². The van der Waals surface area contributed by atoms with E-state index in [4.69, 9.17) is 11.6 Å². The third-order valence-corrected chi connectivity index (χ3v) is 4.33. The molecule has 21 heavy (non-hydrogen) atoms. The monoisotopic (exact) mass is 313 g/mol. The van der Waals surface area contributed by atoms with Crippen LogP contribution < -0.4 is 5.56 Å². The van der Waals surface area contributed by atoms with Crippen LogP contribution in [0.3, 0.4) is 0 Å². The molecule has 0 atom stereocenters. The van der Waals surface area contributed by atoms with Crippen LogP contribution in [0, 0.1) is 0 Å². The maximum atomic E-state index is 12.7. The van der Waals surface area contributed by atoms with Gasteiger partial charge in [-0.2, -0.15) is 0 Å². The van der Waals surface area contributed by atoms with Crippen molar-refractivity contribution in [3.8, 4) is 11.3 Å². The van der Waals surface area contributed by atoms with Crippen LogP contribution in [-0.2, 0) is 0 Å². The summed E-state index contributed by atoms with van der Waals surface area (Å²) in [6, 6.07) is 11.0. The van der Waals surface area contributed by atoms with E-state index in [2.05, 4.69) is 9.97 Å². The minimum Gasteiger partial charge on any atom is -0.266 e. The van der Waals surface area contributed by atoms with Gasteiger partial charge in [0.1, 0.15) is 0 Å². The van der Waals surface area contributed by atoms with E-state index in [-0.39, 0.29) is 5.56 Å². The summed E-state index contributed by atoms with van der Waals surface area (Å²) >= 11 is 7.35. The Morgan fingerprint density at radius 1 is 1.14 bits per heavy atom. The molecule has 4 nitrogen and oxygen atoms in total. The van der Waals surface area contributed by atoms with Gasteiger partial charge in [0.25, 0.3) is 5.56 Å². The van der Waals surface area contributed by atoms with Gasteiger partial charge >= 0.3 is 0 Å². The van der Waals surface area contributed by atoms with Crippen molar-refractivity contribution in [3.05, 3.63) is 63.4 Å². The summed E-state index contributed by atoms with van der Waals surface area (Å²) in [4.78, 5) is 22.0. The van der Waals surface area contributed by atoms with Gasteiger partial charge in [-0.15, -0.1) is 11.3 Å². The maximum absolute atomic E-state index is 12.7. The molecule has 3 heterocycles. The average molecular weight is 314 g/mol. The summed E-state index contributed by atoms with van der Waals surface area (Å²) in [5, 5.41) is 2.59. The highest BCUT2D eigenvalue weighted by Gasteiger charge is 2.12. The number of benzene rings is 1. The van der Waals surface area contributed by atoms with Crippen molar-refractivity contribution in [1.29, 1.82) is 0 Å². The topological polar surface area (TPSA) is 47.3 Å². The molecule has 0 saturated heterocycles. The van der Waals surface area contributed by atoms with E-state index in [0.29, 0.717) is 21.0 Å². The van der Waals surface area contributed by atoms with Crippen LogP contribution in [0.4, 0.5) is 0 Å². The number of hydrogen-bond donors (Lipinski definition) is 0. The van der Waals surface area contributed by atoms with E-state index in [0.717, 1.165) is 11.3 Å². The third kappa shape index (κ3) is 1.93. The molecule has 3 aromatic heterocycles. The zero-order valence-corrected chi connectivity index (χ0v) is 12.2. The second kappa shape index (κ2) is 4.65. The molecule has 0 spiro atoms. The normalized spacial score (nSPS) is 11.3. The fraction of sp³-hybridized carbons (Fsp3) is 0. The number of fused-ring (bicyclic) bond motifs is 2. The Balaban J connectivity index is 2.10. The highest BCUT2D eigenvalue weighted by atomic mass is 35.5. The lowest BCUT2D eigenvalue weighted by Crippen LogP contribution is -2.15. The zero-order chi connectivity index (χ0) is 14.4. The number of thiazole rings is 1. The summed E-state index contributed by atoms with van der Waals surface area (Å²) in [6.07, 6.45) is 1.60. The second-order valence-corrected chi connectivity index (χ2v) is 5.81. The predicted octanol–water partition coefficient (Wildman–Crippen LogP) is 3.62. The second-order valence-electron chi connectivity index (χ2n) is 4.53. The minimum atomic E-state index is -0.151. The van der Waals surface area contributed by atoms with Gasteiger partial charge in [0.15, 0.2) is 10.5 Å². The van der Waals surface area contributed by atoms with E-state index in [1.54, 1.807) is 34.9 Å². The van der Waals surface area contributed by atoms with E-state index in [9.17, 15) is 4.79 Å². The Labute approximate surface area is 128 Å². The molecule has 4 rings (SSSR count). The highest BCUT2D eigenvalue weighted by molar-refractivity contribution is 7.15. The first-order chi connectivity index (χ1) is 10.2. The summed E-state index contributed by atoms with van der Waals surface area (Å²) in [5.74, 6) is 0. The molecule has 6 heteroatoms. The molecule has 0 unspecified atom stereocenters. The Bertz CT molecular complexity index is 1020. The molecule has 0 aliphatic rings. The van der Waals surface area contributed by atoms with Gasteiger partial charge in [-0.25, -0.2) is 14.4 Å². The number of nitrogens with zero attached hydrogens (tertiary/aromatic N) is 3. The van der Waals surface area contributed by atoms with Crippen LogP contribution in [0.5, 0.6) is 0 Å². The minimum absolute atomic E-state index is 0.151. The highest BCUT2D eigenvalue weighted by Crippen LogP contribution is 2.26. The van der Waals surface area contributed by atoms with Crippen LogP contribution in [-0.4, -0.2) is 14.4 Å². The molecule has 0 aliphatic heterocycles. The van der Waals surface area contributed by atoms with E-state index in [1.165, 1.54) is 11.3 Å². The Morgan fingerprint density at radius 3 is 2.76 bits per heavy atom. The number of hydrogen-bond acceptors (Lipinski definition) is 4. The molecule has 0 aliphatic carbocycles.